The van der Waals surface area contributed by atoms with Gasteiger partial charge in [0.25, 0.3) is 0 Å². The third-order valence-corrected chi connectivity index (χ3v) is 9.57. The molecule has 11 nitrogen and oxygen atoms in total. The van der Waals surface area contributed by atoms with E-state index < -0.39 is 10.0 Å². The molecule has 40 heavy (non-hydrogen) atoms. The van der Waals surface area contributed by atoms with Crippen LogP contribution in [0.4, 0.5) is 17.3 Å². The van der Waals surface area contributed by atoms with Gasteiger partial charge in [0.1, 0.15) is 0 Å². The number of hydrogen-bond acceptors (Lipinski definition) is 9. The van der Waals surface area contributed by atoms with E-state index in [2.05, 4.69) is 38.5 Å². The van der Waals surface area contributed by atoms with E-state index in [1.54, 1.807) is 23.6 Å². The average molecular weight is 565 g/mol. The normalized spacial score (nSPS) is 17.9. The van der Waals surface area contributed by atoms with Crippen molar-refractivity contribution >= 4 is 27.3 Å². The molecule has 0 spiro atoms. The highest BCUT2D eigenvalue weighted by atomic mass is 32.2. The van der Waals surface area contributed by atoms with E-state index in [0.29, 0.717) is 31.4 Å². The van der Waals surface area contributed by atoms with Gasteiger partial charge in [-0.05, 0) is 62.4 Å². The number of piperidine rings is 1. The first-order valence-electron chi connectivity index (χ1n) is 13.9. The molecule has 2 aromatic heterocycles. The highest BCUT2D eigenvalue weighted by Gasteiger charge is 2.29. The Hall–Kier alpha value is -3.53. The van der Waals surface area contributed by atoms with Gasteiger partial charge in [0.2, 0.25) is 16.0 Å². The molecule has 0 saturated carbocycles. The minimum absolute atomic E-state index is 0.0810. The summed E-state index contributed by atoms with van der Waals surface area (Å²) in [6.45, 7) is 6.04. The molecule has 1 aromatic carbocycles. The van der Waals surface area contributed by atoms with E-state index in [1.165, 1.54) is 5.69 Å². The topological polar surface area (TPSA) is 129 Å². The van der Waals surface area contributed by atoms with Crippen LogP contribution < -0.4 is 10.2 Å². The Morgan fingerprint density at radius 2 is 1.88 bits per heavy atom. The maximum absolute atomic E-state index is 12.2. The molecule has 5 rings (SSSR count). The van der Waals surface area contributed by atoms with Crippen LogP contribution in [0.25, 0.3) is 11.3 Å². The molecule has 12 heteroatoms. The van der Waals surface area contributed by atoms with Gasteiger partial charge in [0.15, 0.2) is 0 Å². The van der Waals surface area contributed by atoms with Crippen LogP contribution in [0.3, 0.4) is 0 Å². The molecule has 2 fully saturated rings. The SMILES string of the molecule is CCS(=O)(=O)N1CCC(CC(CC#N)n2cc(-c3ccnc(Nc4ccc(N5CCOCC5)cc4)n3)cn2)CC1. The largest absolute Gasteiger partial charge is 0.378 e. The number of ether oxygens (including phenoxy) is 1. The van der Waals surface area contributed by atoms with Crippen LogP contribution in [-0.2, 0) is 14.8 Å². The molecular formula is C28H36N8O3S. The second kappa shape index (κ2) is 12.8. The number of morpholine rings is 1. The Morgan fingerprint density at radius 3 is 2.58 bits per heavy atom. The highest BCUT2D eigenvalue weighted by Crippen LogP contribution is 2.30. The molecule has 0 aliphatic carbocycles. The van der Waals surface area contributed by atoms with E-state index in [-0.39, 0.29) is 11.8 Å². The molecule has 2 saturated heterocycles. The van der Waals surface area contributed by atoms with Crippen molar-refractivity contribution < 1.29 is 13.2 Å². The van der Waals surface area contributed by atoms with Crippen LogP contribution in [0.2, 0.25) is 0 Å². The van der Waals surface area contributed by atoms with Crippen molar-refractivity contribution in [3.05, 3.63) is 48.9 Å². The van der Waals surface area contributed by atoms with Crippen molar-refractivity contribution in [3.8, 4) is 17.3 Å². The Labute approximate surface area is 235 Å². The zero-order valence-electron chi connectivity index (χ0n) is 22.8. The summed E-state index contributed by atoms with van der Waals surface area (Å²) in [4.78, 5) is 11.4. The first-order valence-corrected chi connectivity index (χ1v) is 15.5. The summed E-state index contributed by atoms with van der Waals surface area (Å²) in [5.74, 6) is 0.970. The minimum Gasteiger partial charge on any atom is -0.378 e. The number of aromatic nitrogens is 4. The second-order valence-corrected chi connectivity index (χ2v) is 12.5. The summed E-state index contributed by atoms with van der Waals surface area (Å²) in [6.07, 6.45) is 8.13. The predicted molar refractivity (Wildman–Crippen MR) is 154 cm³/mol. The van der Waals surface area contributed by atoms with Crippen molar-refractivity contribution in [3.63, 3.8) is 0 Å². The number of hydrogen-bond donors (Lipinski definition) is 1. The number of nitrogens with one attached hydrogen (secondary N) is 1. The number of nitriles is 1. The minimum atomic E-state index is -3.15. The van der Waals surface area contributed by atoms with Crippen molar-refractivity contribution in [2.75, 3.05) is 55.4 Å². The number of nitrogens with zero attached hydrogens (tertiary/aromatic N) is 7. The Bertz CT molecular complexity index is 1410. The van der Waals surface area contributed by atoms with Crippen LogP contribution in [-0.4, -0.2) is 77.6 Å². The van der Waals surface area contributed by atoms with Crippen LogP contribution in [0, 0.1) is 17.2 Å². The quantitative estimate of drug-likeness (QED) is 0.391. The average Bonchev–Trinajstić information content (AvgIpc) is 3.49. The smallest absolute Gasteiger partial charge is 0.227 e. The number of rotatable bonds is 10. The van der Waals surface area contributed by atoms with Crippen molar-refractivity contribution in [2.24, 2.45) is 5.92 Å². The zero-order chi connectivity index (χ0) is 28.0. The van der Waals surface area contributed by atoms with E-state index in [1.807, 2.05) is 29.1 Å². The summed E-state index contributed by atoms with van der Waals surface area (Å²) in [7, 11) is -3.15. The molecule has 1 N–H and O–H groups in total. The fourth-order valence-electron chi connectivity index (χ4n) is 5.34. The summed E-state index contributed by atoms with van der Waals surface area (Å²) in [6, 6.07) is 12.3. The molecule has 0 amide bonds. The van der Waals surface area contributed by atoms with Gasteiger partial charge >= 0.3 is 0 Å². The first kappa shape index (κ1) is 28.0. The molecule has 2 aliphatic heterocycles. The van der Waals surface area contributed by atoms with E-state index in [0.717, 1.165) is 62.5 Å². The second-order valence-electron chi connectivity index (χ2n) is 10.2. The number of benzene rings is 1. The van der Waals surface area contributed by atoms with Crippen LogP contribution in [0.5, 0.6) is 0 Å². The highest BCUT2D eigenvalue weighted by molar-refractivity contribution is 7.89. The van der Waals surface area contributed by atoms with Gasteiger partial charge < -0.3 is 15.0 Å². The van der Waals surface area contributed by atoms with Gasteiger partial charge in [-0.3, -0.25) is 4.68 Å². The van der Waals surface area contributed by atoms with Crippen molar-refractivity contribution in [2.45, 2.75) is 38.6 Å². The van der Waals surface area contributed by atoms with Crippen LogP contribution in [0.15, 0.2) is 48.9 Å². The van der Waals surface area contributed by atoms with Gasteiger partial charge in [0.05, 0.1) is 49.4 Å². The Balaban J connectivity index is 1.22. The van der Waals surface area contributed by atoms with E-state index >= 15 is 0 Å². The third-order valence-electron chi connectivity index (χ3n) is 7.69. The predicted octanol–water partition coefficient (Wildman–Crippen LogP) is 3.83. The monoisotopic (exact) mass is 564 g/mol. The molecule has 4 heterocycles. The Kier molecular flexibility index (Phi) is 8.94. The summed E-state index contributed by atoms with van der Waals surface area (Å²) < 4.78 is 33.3. The van der Waals surface area contributed by atoms with Crippen LogP contribution >= 0.6 is 0 Å². The molecule has 3 aromatic rings. The third kappa shape index (κ3) is 6.78. The Morgan fingerprint density at radius 1 is 1.12 bits per heavy atom. The van der Waals surface area contributed by atoms with Gasteiger partial charge in [-0.2, -0.15) is 10.4 Å². The first-order chi connectivity index (χ1) is 19.4. The van der Waals surface area contributed by atoms with Gasteiger partial charge in [0, 0.05) is 55.5 Å². The van der Waals surface area contributed by atoms with Crippen molar-refractivity contribution in [1.29, 1.82) is 5.26 Å². The number of sulfonamides is 1. The summed E-state index contributed by atoms with van der Waals surface area (Å²) in [5.41, 5.74) is 3.65. The molecular weight excluding hydrogens is 528 g/mol. The fourth-order valence-corrected chi connectivity index (χ4v) is 6.47. The lowest BCUT2D eigenvalue weighted by molar-refractivity contribution is 0.122. The van der Waals surface area contributed by atoms with Gasteiger partial charge in [-0.1, -0.05) is 0 Å². The summed E-state index contributed by atoms with van der Waals surface area (Å²) >= 11 is 0. The molecule has 0 bridgehead atoms. The standard InChI is InChI=1S/C28H36N8O3S/c1-2-40(37,38)35-13-9-22(10-14-35)19-26(7-11-29)36-21-23(20-31-36)27-8-12-30-28(33-27)32-24-3-5-25(6-4-24)34-15-17-39-18-16-34/h3-6,8,12,20-22,26H,2,7,9-10,13-19H2,1H3,(H,30,32,33). The maximum Gasteiger partial charge on any atom is 0.227 e. The summed E-state index contributed by atoms with van der Waals surface area (Å²) in [5, 5.41) is 17.3. The van der Waals surface area contributed by atoms with Crippen LogP contribution in [0.1, 0.15) is 38.6 Å². The fraction of sp³-hybridized carbons (Fsp3) is 0.500. The zero-order valence-corrected chi connectivity index (χ0v) is 23.6. The molecule has 1 unspecified atom stereocenters. The molecule has 1 atom stereocenters. The lowest BCUT2D eigenvalue weighted by Crippen LogP contribution is -2.39. The maximum atomic E-state index is 12.2. The number of anilines is 3. The van der Waals surface area contributed by atoms with Gasteiger partial charge in [-0.25, -0.2) is 22.7 Å². The molecule has 0 radical (unpaired) electrons. The van der Waals surface area contributed by atoms with Gasteiger partial charge in [-0.15, -0.1) is 0 Å². The lowest BCUT2D eigenvalue weighted by atomic mass is 9.90. The van der Waals surface area contributed by atoms with Crippen molar-refractivity contribution in [1.82, 2.24) is 24.1 Å². The molecule has 212 valence electrons. The molecule has 2 aliphatic rings. The van der Waals surface area contributed by atoms with E-state index in [9.17, 15) is 13.7 Å². The van der Waals surface area contributed by atoms with E-state index in [4.69, 9.17) is 9.72 Å². The lowest BCUT2D eigenvalue weighted by Gasteiger charge is -2.32.